The molecule has 0 saturated carbocycles. The number of aromatic carboxylic acids is 1. The molecule has 88 valence electrons. The second-order valence-corrected chi connectivity index (χ2v) is 5.25. The quantitative estimate of drug-likeness (QED) is 0.539. The van der Waals surface area contributed by atoms with E-state index in [0.717, 1.165) is 19.9 Å². The van der Waals surface area contributed by atoms with E-state index in [4.69, 9.17) is 5.11 Å². The van der Waals surface area contributed by atoms with Crippen molar-refractivity contribution in [2.24, 2.45) is 0 Å². The Morgan fingerprint density at radius 2 is 1.94 bits per heavy atom. The fourth-order valence-corrected chi connectivity index (χ4v) is 2.47. The van der Waals surface area contributed by atoms with Gasteiger partial charge in [-0.3, -0.25) is 0 Å². The van der Waals surface area contributed by atoms with Gasteiger partial charge in [-0.15, -0.1) is 0 Å². The second-order valence-electron chi connectivity index (χ2n) is 4.01. The number of pyridine rings is 1. The molecule has 2 aromatic carbocycles. The van der Waals surface area contributed by atoms with E-state index in [-0.39, 0.29) is 5.56 Å². The average Bonchev–Trinajstić information content (AvgIpc) is 2.35. The number of carboxylic acid groups (broad SMARTS) is 1. The van der Waals surface area contributed by atoms with Gasteiger partial charge in [-0.25, -0.2) is 9.78 Å². The molecular weight excluding hydrogens is 341 g/mol. The molecule has 3 nitrogen and oxygen atoms in total. The van der Waals surface area contributed by atoms with Gasteiger partial charge >= 0.3 is 5.97 Å². The lowest BCUT2D eigenvalue weighted by atomic mass is 10.1. The molecule has 0 aliphatic carbocycles. The molecule has 0 saturated heterocycles. The zero-order valence-electron chi connectivity index (χ0n) is 9.22. The number of carboxylic acids is 1. The first-order valence-electron chi connectivity index (χ1n) is 5.37. The van der Waals surface area contributed by atoms with E-state index in [1.165, 1.54) is 0 Å². The normalized spacial score (nSPS) is 10.9. The van der Waals surface area contributed by atoms with Crippen molar-refractivity contribution in [2.45, 2.75) is 0 Å². The lowest BCUT2D eigenvalue weighted by Gasteiger charge is -2.04. The van der Waals surface area contributed by atoms with Gasteiger partial charge < -0.3 is 5.11 Å². The summed E-state index contributed by atoms with van der Waals surface area (Å²) in [5.74, 6) is -0.946. The summed E-state index contributed by atoms with van der Waals surface area (Å²) in [4.78, 5) is 15.7. The van der Waals surface area contributed by atoms with Gasteiger partial charge in [-0.05, 0) is 46.9 Å². The van der Waals surface area contributed by atoms with Crippen molar-refractivity contribution in [3.05, 3.63) is 51.6 Å². The summed E-state index contributed by atoms with van der Waals surface area (Å²) in [5.41, 5.74) is 1.61. The number of hydrogen-bond acceptors (Lipinski definition) is 2. The summed E-state index contributed by atoms with van der Waals surface area (Å²) in [6.45, 7) is 0. The Morgan fingerprint density at radius 3 is 2.72 bits per heavy atom. The Hall–Kier alpha value is -1.69. The number of fused-ring (bicyclic) bond motifs is 2. The smallest absolute Gasteiger partial charge is 0.337 e. The third-order valence-corrected chi connectivity index (χ3v) is 3.50. The molecule has 1 heterocycles. The second kappa shape index (κ2) is 4.20. The van der Waals surface area contributed by atoms with Gasteiger partial charge in [0.15, 0.2) is 0 Å². The molecule has 0 bridgehead atoms. The van der Waals surface area contributed by atoms with E-state index in [2.05, 4.69) is 27.6 Å². The van der Waals surface area contributed by atoms with Gasteiger partial charge in [0.05, 0.1) is 16.6 Å². The monoisotopic (exact) mass is 349 g/mol. The van der Waals surface area contributed by atoms with Gasteiger partial charge in [0, 0.05) is 14.3 Å². The minimum atomic E-state index is -0.946. The molecule has 0 fully saturated rings. The maximum absolute atomic E-state index is 11.2. The third kappa shape index (κ3) is 1.82. The lowest BCUT2D eigenvalue weighted by Crippen LogP contribution is -1.98. The molecular formula is C14H8INO2. The van der Waals surface area contributed by atoms with Gasteiger partial charge in [-0.1, -0.05) is 18.2 Å². The van der Waals surface area contributed by atoms with Crippen LogP contribution in [0.25, 0.3) is 21.8 Å². The highest BCUT2D eigenvalue weighted by atomic mass is 127. The fraction of sp³-hybridized carbons (Fsp3) is 0. The first-order chi connectivity index (χ1) is 8.65. The summed E-state index contributed by atoms with van der Waals surface area (Å²) < 4.78 is 1.08. The lowest BCUT2D eigenvalue weighted by molar-refractivity contribution is 0.0699. The number of carbonyl (C=O) groups is 1. The van der Waals surface area contributed by atoms with E-state index in [9.17, 15) is 4.79 Å². The standard InChI is InChI=1S/C14H8INO2/c15-10-5-4-8-6-9-2-1-3-11(14(17)18)13(9)16-12(8)7-10/h1-7H,(H,17,18). The molecule has 0 radical (unpaired) electrons. The highest BCUT2D eigenvalue weighted by Crippen LogP contribution is 2.23. The minimum Gasteiger partial charge on any atom is -0.478 e. The molecule has 18 heavy (non-hydrogen) atoms. The highest BCUT2D eigenvalue weighted by molar-refractivity contribution is 14.1. The van der Waals surface area contributed by atoms with E-state index < -0.39 is 5.97 Å². The molecule has 0 atom stereocenters. The van der Waals surface area contributed by atoms with E-state index in [1.54, 1.807) is 12.1 Å². The maximum Gasteiger partial charge on any atom is 0.337 e. The summed E-state index contributed by atoms with van der Waals surface area (Å²) in [6, 6.07) is 13.1. The van der Waals surface area contributed by atoms with Crippen molar-refractivity contribution in [1.82, 2.24) is 4.98 Å². The van der Waals surface area contributed by atoms with Gasteiger partial charge in [-0.2, -0.15) is 0 Å². The maximum atomic E-state index is 11.2. The number of halogens is 1. The molecule has 0 aliphatic heterocycles. The van der Waals surface area contributed by atoms with Crippen molar-refractivity contribution in [3.8, 4) is 0 Å². The topological polar surface area (TPSA) is 50.2 Å². The highest BCUT2D eigenvalue weighted by Gasteiger charge is 2.10. The van der Waals surface area contributed by atoms with Crippen molar-refractivity contribution < 1.29 is 9.90 Å². The average molecular weight is 349 g/mol. The number of rotatable bonds is 1. The van der Waals surface area contributed by atoms with Crippen LogP contribution in [-0.4, -0.2) is 16.1 Å². The Balaban J connectivity index is 2.45. The van der Waals surface area contributed by atoms with Gasteiger partial charge in [0.2, 0.25) is 0 Å². The molecule has 0 spiro atoms. The van der Waals surface area contributed by atoms with Crippen LogP contribution in [0.15, 0.2) is 42.5 Å². The van der Waals surface area contributed by atoms with Crippen LogP contribution >= 0.6 is 22.6 Å². The van der Waals surface area contributed by atoms with Crippen molar-refractivity contribution in [2.75, 3.05) is 0 Å². The summed E-state index contributed by atoms with van der Waals surface area (Å²) in [5, 5.41) is 11.0. The zero-order chi connectivity index (χ0) is 12.7. The van der Waals surface area contributed by atoms with E-state index in [0.29, 0.717) is 5.52 Å². The molecule has 0 aliphatic rings. The molecule has 4 heteroatoms. The first kappa shape index (κ1) is 11.4. The molecule has 1 aromatic heterocycles. The van der Waals surface area contributed by atoms with Crippen LogP contribution in [0, 0.1) is 3.57 Å². The Labute approximate surface area is 117 Å². The largest absolute Gasteiger partial charge is 0.478 e. The van der Waals surface area contributed by atoms with Gasteiger partial charge in [0.25, 0.3) is 0 Å². The first-order valence-corrected chi connectivity index (χ1v) is 6.45. The van der Waals surface area contributed by atoms with E-state index >= 15 is 0 Å². The Bertz CT molecular complexity index is 783. The van der Waals surface area contributed by atoms with Crippen LogP contribution < -0.4 is 0 Å². The van der Waals surface area contributed by atoms with E-state index in [1.807, 2.05) is 30.3 Å². The molecule has 1 N–H and O–H groups in total. The van der Waals surface area contributed by atoms with Crippen molar-refractivity contribution >= 4 is 50.4 Å². The molecule has 3 aromatic rings. The van der Waals surface area contributed by atoms with Crippen LogP contribution in [0.4, 0.5) is 0 Å². The predicted octanol–water partition coefficient (Wildman–Crippen LogP) is 3.69. The Kier molecular flexibility index (Phi) is 2.66. The van der Waals surface area contributed by atoms with Crippen LogP contribution in [0.1, 0.15) is 10.4 Å². The predicted molar refractivity (Wildman–Crippen MR) is 78.9 cm³/mol. The summed E-state index contributed by atoms with van der Waals surface area (Å²) >= 11 is 2.22. The van der Waals surface area contributed by atoms with Crippen LogP contribution in [-0.2, 0) is 0 Å². The molecule has 0 unspecified atom stereocenters. The number of nitrogens with zero attached hydrogens (tertiary/aromatic N) is 1. The number of benzene rings is 2. The minimum absolute atomic E-state index is 0.244. The Morgan fingerprint density at radius 1 is 1.11 bits per heavy atom. The fourth-order valence-electron chi connectivity index (χ4n) is 2.00. The van der Waals surface area contributed by atoms with Crippen LogP contribution in [0.3, 0.4) is 0 Å². The molecule has 3 rings (SSSR count). The van der Waals surface area contributed by atoms with Crippen molar-refractivity contribution in [3.63, 3.8) is 0 Å². The molecule has 0 amide bonds. The number of para-hydroxylation sites is 1. The number of hydrogen-bond donors (Lipinski definition) is 1. The number of aromatic nitrogens is 1. The van der Waals surface area contributed by atoms with Crippen LogP contribution in [0.2, 0.25) is 0 Å². The third-order valence-electron chi connectivity index (χ3n) is 2.83. The SMILES string of the molecule is O=C(O)c1cccc2cc3ccc(I)cc3nc12. The van der Waals surface area contributed by atoms with Crippen LogP contribution in [0.5, 0.6) is 0 Å². The van der Waals surface area contributed by atoms with Gasteiger partial charge in [0.1, 0.15) is 0 Å². The van der Waals surface area contributed by atoms with Crippen molar-refractivity contribution in [1.29, 1.82) is 0 Å². The summed E-state index contributed by atoms with van der Waals surface area (Å²) in [7, 11) is 0. The summed E-state index contributed by atoms with van der Waals surface area (Å²) in [6.07, 6.45) is 0. The zero-order valence-corrected chi connectivity index (χ0v) is 11.4.